The van der Waals surface area contributed by atoms with Gasteiger partial charge in [-0.05, 0) is 63.6 Å². The van der Waals surface area contributed by atoms with Crippen molar-refractivity contribution in [3.63, 3.8) is 0 Å². The number of Topliss-reactive ketones (excluding diaryl/α,β-unsaturated/α-hetero) is 1. The molecular formula is C25H23N3O5S. The lowest BCUT2D eigenvalue weighted by atomic mass is 10.1. The Morgan fingerprint density at radius 1 is 1.00 bits per heavy atom. The monoisotopic (exact) mass is 477 g/mol. The van der Waals surface area contributed by atoms with Crippen LogP contribution in [0.25, 0.3) is 16.6 Å². The van der Waals surface area contributed by atoms with E-state index in [4.69, 9.17) is 0 Å². The Hall–Kier alpha value is -3.98. The first kappa shape index (κ1) is 23.2. The van der Waals surface area contributed by atoms with Crippen LogP contribution in [0, 0.1) is 30.9 Å². The molecule has 0 aliphatic heterocycles. The van der Waals surface area contributed by atoms with Gasteiger partial charge in [0, 0.05) is 34.5 Å². The van der Waals surface area contributed by atoms with Crippen LogP contribution in [0.1, 0.15) is 34.1 Å². The van der Waals surface area contributed by atoms with Crippen molar-refractivity contribution in [2.75, 3.05) is 4.72 Å². The number of hydrogen-bond donors (Lipinski definition) is 1. The summed E-state index contributed by atoms with van der Waals surface area (Å²) in [6.07, 6.45) is 0. The fraction of sp³-hybridized carbons (Fsp3) is 0.160. The van der Waals surface area contributed by atoms with Crippen LogP contribution in [-0.4, -0.2) is 23.7 Å². The van der Waals surface area contributed by atoms with Gasteiger partial charge >= 0.3 is 0 Å². The molecule has 0 atom stereocenters. The first-order chi connectivity index (χ1) is 16.0. The lowest BCUT2D eigenvalue weighted by Crippen LogP contribution is -2.14. The highest BCUT2D eigenvalue weighted by Gasteiger charge is 2.23. The SMILES string of the molecule is CC(=O)c1c(C)n(-c2ccc(C)cc2)c2cc(C)c(NS(=O)(=O)c3cccc([N+](=O)[O-])c3)cc12. The number of sulfonamides is 1. The maximum absolute atomic E-state index is 13.0. The number of benzene rings is 3. The zero-order valence-corrected chi connectivity index (χ0v) is 19.9. The number of nitro groups is 1. The standard InChI is InChI=1S/C25H23N3O5S/c1-15-8-10-19(11-9-15)27-17(3)25(18(4)29)22-14-23(16(2)12-24(22)27)26-34(32,33)21-7-5-6-20(13-21)28(30)31/h5-14,26H,1-4H3. The van der Waals surface area contributed by atoms with Gasteiger partial charge in [0.25, 0.3) is 15.7 Å². The number of nitrogens with zero attached hydrogens (tertiary/aromatic N) is 2. The number of nitro benzene ring substituents is 1. The fourth-order valence-corrected chi connectivity index (χ4v) is 5.28. The molecule has 1 N–H and O–H groups in total. The van der Waals surface area contributed by atoms with Gasteiger partial charge in [-0.3, -0.25) is 19.6 Å². The van der Waals surface area contributed by atoms with E-state index < -0.39 is 14.9 Å². The lowest BCUT2D eigenvalue weighted by molar-refractivity contribution is -0.385. The van der Waals surface area contributed by atoms with E-state index in [0.29, 0.717) is 22.2 Å². The Bertz CT molecular complexity index is 1570. The summed E-state index contributed by atoms with van der Waals surface area (Å²) in [6.45, 7) is 7.10. The number of carbonyl (C=O) groups is 1. The van der Waals surface area contributed by atoms with Gasteiger partial charge in [0.05, 0.1) is 21.0 Å². The van der Waals surface area contributed by atoms with Gasteiger partial charge in [-0.1, -0.05) is 23.8 Å². The normalized spacial score (nSPS) is 11.5. The summed E-state index contributed by atoms with van der Waals surface area (Å²) in [7, 11) is -4.10. The minimum atomic E-state index is -4.10. The van der Waals surface area contributed by atoms with Gasteiger partial charge in [-0.25, -0.2) is 8.42 Å². The Morgan fingerprint density at radius 2 is 1.68 bits per heavy atom. The van der Waals surface area contributed by atoms with Gasteiger partial charge in [-0.15, -0.1) is 0 Å². The summed E-state index contributed by atoms with van der Waals surface area (Å²) in [6, 6.07) is 16.3. The van der Waals surface area contributed by atoms with Gasteiger partial charge in [0.15, 0.2) is 5.78 Å². The summed E-state index contributed by atoms with van der Waals surface area (Å²) in [5.41, 5.74) is 4.66. The molecule has 0 saturated carbocycles. The lowest BCUT2D eigenvalue weighted by Gasteiger charge is -2.13. The summed E-state index contributed by atoms with van der Waals surface area (Å²) >= 11 is 0. The third kappa shape index (κ3) is 4.06. The predicted molar refractivity (Wildman–Crippen MR) is 131 cm³/mol. The second kappa shape index (κ2) is 8.42. The molecular weight excluding hydrogens is 454 g/mol. The minimum Gasteiger partial charge on any atom is -0.313 e. The average molecular weight is 478 g/mol. The van der Waals surface area contributed by atoms with E-state index >= 15 is 0 Å². The summed E-state index contributed by atoms with van der Waals surface area (Å²) in [4.78, 5) is 22.8. The van der Waals surface area contributed by atoms with E-state index in [9.17, 15) is 23.3 Å². The molecule has 0 unspecified atom stereocenters. The zero-order valence-electron chi connectivity index (χ0n) is 19.1. The molecule has 9 heteroatoms. The first-order valence-corrected chi connectivity index (χ1v) is 12.0. The number of fused-ring (bicyclic) bond motifs is 1. The van der Waals surface area contributed by atoms with Crippen LogP contribution < -0.4 is 4.72 Å². The third-order valence-corrected chi connectivity index (χ3v) is 7.14. The molecule has 174 valence electrons. The van der Waals surface area contributed by atoms with Gasteiger partial charge in [-0.2, -0.15) is 0 Å². The number of anilines is 1. The Labute approximate surface area is 197 Å². The molecule has 0 spiro atoms. The fourth-order valence-electron chi connectivity index (χ4n) is 4.11. The van der Waals surface area contributed by atoms with Crippen molar-refractivity contribution in [1.29, 1.82) is 0 Å². The van der Waals surface area contributed by atoms with Gasteiger partial charge < -0.3 is 4.57 Å². The molecule has 1 aromatic heterocycles. The third-order valence-electron chi connectivity index (χ3n) is 5.78. The summed E-state index contributed by atoms with van der Waals surface area (Å²) in [5, 5.41) is 11.7. The largest absolute Gasteiger partial charge is 0.313 e. The Morgan fingerprint density at radius 3 is 2.29 bits per heavy atom. The van der Waals surface area contributed by atoms with E-state index in [1.54, 1.807) is 13.0 Å². The number of non-ortho nitro benzene ring substituents is 1. The zero-order chi connectivity index (χ0) is 24.8. The van der Waals surface area contributed by atoms with Crippen molar-refractivity contribution in [3.05, 3.63) is 93.2 Å². The second-order valence-electron chi connectivity index (χ2n) is 8.23. The van der Waals surface area contributed by atoms with Crippen molar-refractivity contribution < 1.29 is 18.1 Å². The Balaban J connectivity index is 1.88. The highest BCUT2D eigenvalue weighted by atomic mass is 32.2. The average Bonchev–Trinajstić information content (AvgIpc) is 3.05. The van der Waals surface area contributed by atoms with Crippen LogP contribution in [-0.2, 0) is 10.0 Å². The summed E-state index contributed by atoms with van der Waals surface area (Å²) in [5.74, 6) is -0.135. The smallest absolute Gasteiger partial charge is 0.270 e. The Kier molecular flexibility index (Phi) is 5.74. The van der Waals surface area contributed by atoms with E-state index in [1.165, 1.54) is 25.1 Å². The first-order valence-electron chi connectivity index (χ1n) is 10.5. The topological polar surface area (TPSA) is 111 Å². The number of ketones is 1. The van der Waals surface area contributed by atoms with Gasteiger partial charge in [0.2, 0.25) is 0 Å². The number of rotatable bonds is 6. The molecule has 0 fully saturated rings. The maximum Gasteiger partial charge on any atom is 0.270 e. The molecule has 3 aromatic carbocycles. The number of nitrogens with one attached hydrogen (secondary N) is 1. The molecule has 0 amide bonds. The van der Waals surface area contributed by atoms with Crippen molar-refractivity contribution in [3.8, 4) is 5.69 Å². The van der Waals surface area contributed by atoms with Crippen molar-refractivity contribution >= 4 is 38.1 Å². The summed E-state index contributed by atoms with van der Waals surface area (Å²) < 4.78 is 30.5. The number of aryl methyl sites for hydroxylation is 2. The molecule has 4 aromatic rings. The van der Waals surface area contributed by atoms with E-state index in [2.05, 4.69) is 4.72 Å². The molecule has 34 heavy (non-hydrogen) atoms. The molecule has 0 saturated heterocycles. The second-order valence-corrected chi connectivity index (χ2v) is 9.91. The van der Waals surface area contributed by atoms with Crippen LogP contribution in [0.5, 0.6) is 0 Å². The van der Waals surface area contributed by atoms with Crippen molar-refractivity contribution in [1.82, 2.24) is 4.57 Å². The molecule has 0 aliphatic carbocycles. The maximum atomic E-state index is 13.0. The predicted octanol–water partition coefficient (Wildman–Crippen LogP) is 5.47. The van der Waals surface area contributed by atoms with Gasteiger partial charge in [0.1, 0.15) is 0 Å². The number of carbonyl (C=O) groups excluding carboxylic acids is 1. The highest BCUT2D eigenvalue weighted by molar-refractivity contribution is 7.92. The van der Waals surface area contributed by atoms with E-state index in [-0.39, 0.29) is 16.4 Å². The quantitative estimate of drug-likeness (QED) is 0.225. The van der Waals surface area contributed by atoms with Crippen LogP contribution >= 0.6 is 0 Å². The minimum absolute atomic E-state index is 0.135. The molecule has 0 aliphatic rings. The van der Waals surface area contributed by atoms with Crippen LogP contribution in [0.4, 0.5) is 11.4 Å². The van der Waals surface area contributed by atoms with E-state index in [1.807, 2.05) is 48.7 Å². The molecule has 4 rings (SSSR count). The van der Waals surface area contributed by atoms with Crippen molar-refractivity contribution in [2.24, 2.45) is 0 Å². The highest BCUT2D eigenvalue weighted by Crippen LogP contribution is 2.34. The number of hydrogen-bond acceptors (Lipinski definition) is 5. The molecule has 8 nitrogen and oxygen atoms in total. The van der Waals surface area contributed by atoms with Crippen LogP contribution in [0.15, 0.2) is 65.6 Å². The van der Waals surface area contributed by atoms with Crippen molar-refractivity contribution in [2.45, 2.75) is 32.6 Å². The molecule has 0 bridgehead atoms. The van der Waals surface area contributed by atoms with Crippen LogP contribution in [0.2, 0.25) is 0 Å². The van der Waals surface area contributed by atoms with Crippen LogP contribution in [0.3, 0.4) is 0 Å². The number of aromatic nitrogens is 1. The van der Waals surface area contributed by atoms with E-state index in [0.717, 1.165) is 28.5 Å². The molecule has 0 radical (unpaired) electrons. The molecule has 1 heterocycles.